The van der Waals surface area contributed by atoms with Crippen LogP contribution in [0.3, 0.4) is 0 Å². The standard InChI is InChI=1S/C11H16.H2O/c1-4-10-7-6-8-11(5-2)9(10)3;/h6-8H,4-5H2,1-3H3;1H2. The molecule has 1 aromatic carbocycles. The van der Waals surface area contributed by atoms with E-state index < -0.39 is 0 Å². The molecule has 0 radical (unpaired) electrons. The van der Waals surface area contributed by atoms with Crippen molar-refractivity contribution in [3.05, 3.63) is 34.9 Å². The highest BCUT2D eigenvalue weighted by molar-refractivity contribution is 5.33. The lowest BCUT2D eigenvalue weighted by Gasteiger charge is -2.06. The summed E-state index contributed by atoms with van der Waals surface area (Å²) in [6.45, 7) is 6.64. The summed E-state index contributed by atoms with van der Waals surface area (Å²) >= 11 is 0. The first-order valence-electron chi connectivity index (χ1n) is 4.37. The van der Waals surface area contributed by atoms with Crippen molar-refractivity contribution >= 4 is 0 Å². The Morgan fingerprint density at radius 1 is 1.00 bits per heavy atom. The van der Waals surface area contributed by atoms with Crippen molar-refractivity contribution < 1.29 is 5.48 Å². The van der Waals surface area contributed by atoms with Gasteiger partial charge in [0.05, 0.1) is 0 Å². The van der Waals surface area contributed by atoms with Crippen LogP contribution < -0.4 is 0 Å². The molecule has 0 unspecified atom stereocenters. The van der Waals surface area contributed by atoms with Gasteiger partial charge in [-0.3, -0.25) is 0 Å². The fraction of sp³-hybridized carbons (Fsp3) is 0.455. The van der Waals surface area contributed by atoms with Gasteiger partial charge >= 0.3 is 0 Å². The van der Waals surface area contributed by atoms with Gasteiger partial charge in [-0.2, -0.15) is 0 Å². The van der Waals surface area contributed by atoms with Crippen molar-refractivity contribution in [3.63, 3.8) is 0 Å². The van der Waals surface area contributed by atoms with Gasteiger partial charge in [-0.05, 0) is 36.5 Å². The lowest BCUT2D eigenvalue weighted by Crippen LogP contribution is -1.91. The van der Waals surface area contributed by atoms with Crippen LogP contribution in [-0.4, -0.2) is 5.48 Å². The fourth-order valence-electron chi connectivity index (χ4n) is 1.50. The molecule has 0 aliphatic rings. The Morgan fingerprint density at radius 2 is 1.42 bits per heavy atom. The number of hydrogen-bond acceptors (Lipinski definition) is 0. The van der Waals surface area contributed by atoms with Crippen LogP contribution in [0.5, 0.6) is 0 Å². The van der Waals surface area contributed by atoms with Gasteiger partial charge in [0.15, 0.2) is 0 Å². The highest BCUT2D eigenvalue weighted by Crippen LogP contribution is 2.14. The van der Waals surface area contributed by atoms with E-state index in [0.29, 0.717) is 0 Å². The van der Waals surface area contributed by atoms with Crippen molar-refractivity contribution in [2.45, 2.75) is 33.6 Å². The Hall–Kier alpha value is -0.820. The van der Waals surface area contributed by atoms with Crippen LogP contribution in [0.15, 0.2) is 18.2 Å². The number of hydrogen-bond donors (Lipinski definition) is 0. The van der Waals surface area contributed by atoms with Gasteiger partial charge in [-0.15, -0.1) is 0 Å². The minimum atomic E-state index is 0. The normalized spacial score (nSPS) is 9.25. The fourth-order valence-corrected chi connectivity index (χ4v) is 1.50. The summed E-state index contributed by atoms with van der Waals surface area (Å²) in [7, 11) is 0. The van der Waals surface area contributed by atoms with E-state index in [9.17, 15) is 0 Å². The molecular weight excluding hydrogens is 148 g/mol. The van der Waals surface area contributed by atoms with E-state index in [-0.39, 0.29) is 5.48 Å². The first-order valence-corrected chi connectivity index (χ1v) is 4.37. The summed E-state index contributed by atoms with van der Waals surface area (Å²) in [6.07, 6.45) is 2.30. The lowest BCUT2D eigenvalue weighted by atomic mass is 9.99. The monoisotopic (exact) mass is 166 g/mol. The minimum Gasteiger partial charge on any atom is -0.412 e. The van der Waals surface area contributed by atoms with E-state index >= 15 is 0 Å². The second-order valence-corrected chi connectivity index (χ2v) is 2.91. The van der Waals surface area contributed by atoms with E-state index in [1.165, 1.54) is 16.7 Å². The van der Waals surface area contributed by atoms with Crippen LogP contribution >= 0.6 is 0 Å². The zero-order valence-corrected chi connectivity index (χ0v) is 8.15. The van der Waals surface area contributed by atoms with Crippen LogP contribution in [0.1, 0.15) is 30.5 Å². The van der Waals surface area contributed by atoms with Crippen molar-refractivity contribution in [2.24, 2.45) is 0 Å². The molecule has 0 saturated carbocycles. The first kappa shape index (κ1) is 11.2. The second-order valence-electron chi connectivity index (χ2n) is 2.91. The van der Waals surface area contributed by atoms with Crippen molar-refractivity contribution in [3.8, 4) is 0 Å². The SMILES string of the molecule is CCc1cccc(CC)c1C.O. The van der Waals surface area contributed by atoms with Gasteiger partial charge in [-0.1, -0.05) is 32.0 Å². The van der Waals surface area contributed by atoms with E-state index in [4.69, 9.17) is 0 Å². The number of aryl methyl sites for hydroxylation is 2. The molecule has 0 atom stereocenters. The largest absolute Gasteiger partial charge is 0.412 e. The molecular formula is C11H18O. The van der Waals surface area contributed by atoms with Gasteiger partial charge in [0, 0.05) is 0 Å². The predicted molar refractivity (Wildman–Crippen MR) is 53.5 cm³/mol. The van der Waals surface area contributed by atoms with E-state index in [1.54, 1.807) is 0 Å². The summed E-state index contributed by atoms with van der Waals surface area (Å²) in [4.78, 5) is 0. The summed E-state index contributed by atoms with van der Waals surface area (Å²) in [5, 5.41) is 0. The second kappa shape index (κ2) is 4.94. The highest BCUT2D eigenvalue weighted by Gasteiger charge is 1.98. The number of rotatable bonds is 2. The molecule has 0 saturated heterocycles. The third-order valence-electron chi connectivity index (χ3n) is 2.32. The molecule has 0 amide bonds. The van der Waals surface area contributed by atoms with Crippen LogP contribution in [0, 0.1) is 6.92 Å². The lowest BCUT2D eigenvalue weighted by molar-refractivity contribution is 0.824. The van der Waals surface area contributed by atoms with E-state index in [2.05, 4.69) is 39.0 Å². The maximum Gasteiger partial charge on any atom is -0.0305 e. The third kappa shape index (κ3) is 2.08. The van der Waals surface area contributed by atoms with Crippen LogP contribution in [0.25, 0.3) is 0 Å². The average Bonchev–Trinajstić information content (AvgIpc) is 2.05. The predicted octanol–water partition coefficient (Wildman–Crippen LogP) is 2.30. The number of benzene rings is 1. The zero-order valence-electron chi connectivity index (χ0n) is 8.15. The Balaban J connectivity index is 0.00000121. The average molecular weight is 166 g/mol. The Labute approximate surface area is 74.7 Å². The summed E-state index contributed by atoms with van der Waals surface area (Å²) in [5.41, 5.74) is 4.46. The van der Waals surface area contributed by atoms with Gasteiger partial charge in [0.25, 0.3) is 0 Å². The minimum absolute atomic E-state index is 0. The smallest absolute Gasteiger partial charge is 0.0305 e. The van der Waals surface area contributed by atoms with Gasteiger partial charge in [0.1, 0.15) is 0 Å². The topological polar surface area (TPSA) is 31.5 Å². The summed E-state index contributed by atoms with van der Waals surface area (Å²) < 4.78 is 0. The van der Waals surface area contributed by atoms with Gasteiger partial charge in [-0.25, -0.2) is 0 Å². The van der Waals surface area contributed by atoms with E-state index in [1.807, 2.05) is 0 Å². The molecule has 12 heavy (non-hydrogen) atoms. The van der Waals surface area contributed by atoms with Crippen molar-refractivity contribution in [1.29, 1.82) is 0 Å². The molecule has 1 rings (SSSR count). The molecule has 0 bridgehead atoms. The summed E-state index contributed by atoms with van der Waals surface area (Å²) in [6, 6.07) is 6.59. The molecule has 2 N–H and O–H groups in total. The van der Waals surface area contributed by atoms with Crippen molar-refractivity contribution in [1.82, 2.24) is 0 Å². The Bertz CT molecular complexity index is 219. The molecule has 0 heterocycles. The molecule has 0 fully saturated rings. The highest BCUT2D eigenvalue weighted by atomic mass is 16.0. The molecule has 0 aliphatic carbocycles. The van der Waals surface area contributed by atoms with Crippen molar-refractivity contribution in [2.75, 3.05) is 0 Å². The zero-order chi connectivity index (χ0) is 8.27. The maximum atomic E-state index is 2.22. The van der Waals surface area contributed by atoms with Crippen LogP contribution in [0.2, 0.25) is 0 Å². The molecule has 1 heteroatoms. The third-order valence-corrected chi connectivity index (χ3v) is 2.32. The molecule has 1 aromatic rings. The molecule has 0 spiro atoms. The molecule has 68 valence electrons. The van der Waals surface area contributed by atoms with Crippen LogP contribution in [0.4, 0.5) is 0 Å². The van der Waals surface area contributed by atoms with E-state index in [0.717, 1.165) is 12.8 Å². The van der Waals surface area contributed by atoms with Gasteiger partial charge < -0.3 is 5.48 Å². The Morgan fingerprint density at radius 3 is 1.75 bits per heavy atom. The maximum absolute atomic E-state index is 2.22. The summed E-state index contributed by atoms with van der Waals surface area (Å²) in [5.74, 6) is 0. The molecule has 0 aromatic heterocycles. The first-order chi connectivity index (χ1) is 5.29. The molecule has 0 aliphatic heterocycles. The van der Waals surface area contributed by atoms with Gasteiger partial charge in [0.2, 0.25) is 0 Å². The quantitative estimate of drug-likeness (QED) is 0.645. The van der Waals surface area contributed by atoms with Crippen LogP contribution in [-0.2, 0) is 12.8 Å². The Kier molecular flexibility index (Phi) is 4.60. The molecule has 1 nitrogen and oxygen atoms in total.